The van der Waals surface area contributed by atoms with E-state index in [9.17, 15) is 40.2 Å². The van der Waals surface area contributed by atoms with E-state index in [1.807, 2.05) is 0 Å². The molecule has 3 heterocycles. The maximum absolute atomic E-state index is 11.9. The molecule has 3 saturated heterocycles. The molecule has 0 bridgehead atoms. The summed E-state index contributed by atoms with van der Waals surface area (Å²) < 4.78 is 34.0. The Morgan fingerprint density at radius 1 is 0.775 bits per heavy atom. The monoisotopic (exact) mass is 582 g/mol. The predicted molar refractivity (Wildman–Crippen MR) is 131 cm³/mol. The molecule has 3 aliphatic heterocycles. The van der Waals surface area contributed by atoms with Gasteiger partial charge < -0.3 is 69.7 Å². The van der Waals surface area contributed by atoms with Gasteiger partial charge in [-0.05, 0) is 6.92 Å². The normalized spacial score (nSPS) is 46.0. The van der Waals surface area contributed by atoms with E-state index in [0.717, 1.165) is 0 Å². The molecule has 0 spiro atoms. The Hall–Kier alpha value is -1.54. The van der Waals surface area contributed by atoms with Gasteiger partial charge in [0.2, 0.25) is 11.8 Å². The van der Waals surface area contributed by atoms with Crippen LogP contribution in [0.5, 0.6) is 0 Å². The first-order valence-corrected chi connectivity index (χ1v) is 13.1. The summed E-state index contributed by atoms with van der Waals surface area (Å²) in [5.41, 5.74) is 0. The van der Waals surface area contributed by atoms with Crippen molar-refractivity contribution in [3.05, 3.63) is 0 Å². The molecule has 16 nitrogen and oxygen atoms in total. The first kappa shape index (κ1) is 33.0. The minimum absolute atomic E-state index is 0.410. The van der Waals surface area contributed by atoms with Crippen molar-refractivity contribution in [1.29, 1.82) is 0 Å². The van der Waals surface area contributed by atoms with Crippen LogP contribution >= 0.6 is 0 Å². The van der Waals surface area contributed by atoms with Crippen LogP contribution in [0.1, 0.15) is 27.7 Å². The minimum atomic E-state index is -1.70. The molecule has 3 rings (SSSR count). The average molecular weight is 583 g/mol. The lowest BCUT2D eigenvalue weighted by atomic mass is 9.91. The highest BCUT2D eigenvalue weighted by Gasteiger charge is 2.52. The molecule has 16 heteroatoms. The number of aliphatic hydroxyl groups is 6. The van der Waals surface area contributed by atoms with Crippen LogP contribution in [0.3, 0.4) is 0 Å². The fraction of sp³-hybridized carbons (Fsp3) is 0.917. The molecule has 0 aromatic carbocycles. The Morgan fingerprint density at radius 3 is 1.95 bits per heavy atom. The van der Waals surface area contributed by atoms with Gasteiger partial charge in [-0.1, -0.05) is 6.92 Å². The van der Waals surface area contributed by atoms with Crippen LogP contribution in [0.25, 0.3) is 0 Å². The number of nitrogens with one attached hydrogen (secondary N) is 2. The number of carbonyl (C=O) groups is 2. The van der Waals surface area contributed by atoms with E-state index in [1.165, 1.54) is 21.0 Å². The number of carbonyl (C=O) groups excluding carboxylic acids is 2. The van der Waals surface area contributed by atoms with E-state index in [2.05, 4.69) is 10.6 Å². The van der Waals surface area contributed by atoms with Crippen molar-refractivity contribution in [2.24, 2.45) is 5.92 Å². The van der Waals surface area contributed by atoms with Crippen molar-refractivity contribution in [1.82, 2.24) is 10.6 Å². The number of ether oxygens (including phenoxy) is 6. The third-order valence-electron chi connectivity index (χ3n) is 7.46. The zero-order chi connectivity index (χ0) is 29.9. The molecular weight excluding hydrogens is 540 g/mol. The average Bonchev–Trinajstić information content (AvgIpc) is 2.89. The smallest absolute Gasteiger partial charge is 0.217 e. The van der Waals surface area contributed by atoms with Gasteiger partial charge in [0.1, 0.15) is 54.8 Å². The molecule has 8 N–H and O–H groups in total. The van der Waals surface area contributed by atoms with Gasteiger partial charge in [0.05, 0.1) is 25.4 Å². The number of amides is 2. The summed E-state index contributed by atoms with van der Waals surface area (Å²) >= 11 is 0. The van der Waals surface area contributed by atoms with E-state index in [4.69, 9.17) is 28.4 Å². The zero-order valence-electron chi connectivity index (χ0n) is 23.0. The Kier molecular flexibility index (Phi) is 11.6. The van der Waals surface area contributed by atoms with Crippen LogP contribution in [0, 0.1) is 5.92 Å². The van der Waals surface area contributed by atoms with Crippen LogP contribution in [-0.4, -0.2) is 149 Å². The van der Waals surface area contributed by atoms with Gasteiger partial charge in [-0.15, -0.1) is 0 Å². The van der Waals surface area contributed by atoms with Crippen LogP contribution < -0.4 is 10.6 Å². The van der Waals surface area contributed by atoms with E-state index < -0.39 is 117 Å². The molecule has 15 atom stereocenters. The molecule has 3 fully saturated rings. The van der Waals surface area contributed by atoms with E-state index >= 15 is 0 Å². The first-order valence-electron chi connectivity index (χ1n) is 13.1. The second-order valence-electron chi connectivity index (χ2n) is 10.4. The van der Waals surface area contributed by atoms with Crippen molar-refractivity contribution in [3.8, 4) is 0 Å². The largest absolute Gasteiger partial charge is 0.394 e. The molecule has 3 aliphatic rings. The zero-order valence-corrected chi connectivity index (χ0v) is 23.0. The van der Waals surface area contributed by atoms with Crippen molar-refractivity contribution < 1.29 is 68.6 Å². The second-order valence-corrected chi connectivity index (χ2v) is 10.4. The summed E-state index contributed by atoms with van der Waals surface area (Å²) in [6, 6.07) is -2.57. The predicted octanol–water partition coefficient (Wildman–Crippen LogP) is -4.33. The van der Waals surface area contributed by atoms with Gasteiger partial charge in [0, 0.05) is 26.9 Å². The van der Waals surface area contributed by atoms with Gasteiger partial charge in [0.25, 0.3) is 0 Å². The standard InChI is InChI=1S/C24H42N2O14/c1-8-16(30)9(2)37-24(17(8)31)36-7-13-21(18(32)14(22(34)38-13)25-10(3)28)40-23-15(26-11(4)29)19(33)20(35-5)12(6-27)39-23/h8-9,12-24,27,30-34H,6-7H2,1-5H3,(H,25,28)(H,26,29)/t8-,9?,12-,13?,14-,15?,16?,17+,18+,19?,20+,21?,22?,23?,24+/m0/s1. The summed E-state index contributed by atoms with van der Waals surface area (Å²) in [7, 11) is 1.29. The molecule has 2 amide bonds. The lowest BCUT2D eigenvalue weighted by molar-refractivity contribution is -0.339. The highest BCUT2D eigenvalue weighted by Crippen LogP contribution is 2.31. The van der Waals surface area contributed by atoms with Crippen molar-refractivity contribution in [2.75, 3.05) is 20.3 Å². The summed E-state index contributed by atoms with van der Waals surface area (Å²) in [4.78, 5) is 23.7. The molecule has 0 saturated carbocycles. The van der Waals surface area contributed by atoms with Crippen LogP contribution in [0.2, 0.25) is 0 Å². The summed E-state index contributed by atoms with van der Waals surface area (Å²) in [6.07, 6.45) is -15.0. The van der Waals surface area contributed by atoms with Crippen molar-refractivity contribution in [2.45, 2.75) is 114 Å². The fourth-order valence-electron chi connectivity index (χ4n) is 5.22. The van der Waals surface area contributed by atoms with Gasteiger partial charge in [-0.3, -0.25) is 9.59 Å². The number of hydrogen-bond acceptors (Lipinski definition) is 14. The Bertz CT molecular complexity index is 852. The summed E-state index contributed by atoms with van der Waals surface area (Å²) in [5.74, 6) is -1.71. The number of methoxy groups -OCH3 is 1. The molecule has 0 aromatic rings. The maximum Gasteiger partial charge on any atom is 0.217 e. The summed E-state index contributed by atoms with van der Waals surface area (Å²) in [5, 5.41) is 68.0. The Labute approximate surface area is 231 Å². The van der Waals surface area contributed by atoms with Crippen molar-refractivity contribution in [3.63, 3.8) is 0 Å². The lowest BCUT2D eigenvalue weighted by Crippen LogP contribution is -2.69. The van der Waals surface area contributed by atoms with Crippen molar-refractivity contribution >= 4 is 11.8 Å². The van der Waals surface area contributed by atoms with Gasteiger partial charge in [-0.25, -0.2) is 0 Å². The molecule has 40 heavy (non-hydrogen) atoms. The lowest BCUT2D eigenvalue weighted by Gasteiger charge is -2.48. The molecule has 0 radical (unpaired) electrons. The summed E-state index contributed by atoms with van der Waals surface area (Å²) in [6.45, 7) is 4.62. The van der Waals surface area contributed by atoms with Crippen LogP contribution in [0.4, 0.5) is 0 Å². The van der Waals surface area contributed by atoms with E-state index in [0.29, 0.717) is 0 Å². The quantitative estimate of drug-likeness (QED) is 0.128. The third-order valence-corrected chi connectivity index (χ3v) is 7.46. The Balaban J connectivity index is 1.86. The molecule has 232 valence electrons. The van der Waals surface area contributed by atoms with Gasteiger partial charge >= 0.3 is 0 Å². The Morgan fingerprint density at radius 2 is 1.38 bits per heavy atom. The molecule has 0 aromatic heterocycles. The number of rotatable bonds is 9. The highest BCUT2D eigenvalue weighted by molar-refractivity contribution is 5.73. The third kappa shape index (κ3) is 7.26. The molecule has 8 unspecified atom stereocenters. The fourth-order valence-corrected chi connectivity index (χ4v) is 5.22. The first-order chi connectivity index (χ1) is 18.8. The topological polar surface area (TPSA) is 235 Å². The number of aliphatic hydroxyl groups excluding tert-OH is 6. The van der Waals surface area contributed by atoms with Crippen LogP contribution in [-0.2, 0) is 38.0 Å². The van der Waals surface area contributed by atoms with Crippen LogP contribution in [0.15, 0.2) is 0 Å². The van der Waals surface area contributed by atoms with Gasteiger partial charge in [-0.2, -0.15) is 0 Å². The molecular formula is C24H42N2O14. The second kappa shape index (κ2) is 14.1. The minimum Gasteiger partial charge on any atom is -0.394 e. The number of hydrogen-bond donors (Lipinski definition) is 8. The van der Waals surface area contributed by atoms with Gasteiger partial charge in [0.15, 0.2) is 18.9 Å². The van der Waals surface area contributed by atoms with E-state index in [1.54, 1.807) is 13.8 Å². The van der Waals surface area contributed by atoms with E-state index in [-0.39, 0.29) is 0 Å². The SMILES string of the molecule is CO[C@H]1C(O)C(NC(C)=O)C(OC2C(CO[C@@H]3OC(C)C(O)[C@H](C)[C@H]3O)OC(O)[C@@H](NC(C)=O)[C@H]2O)O[C@H]1CO. The highest BCUT2D eigenvalue weighted by atomic mass is 16.7. The molecule has 0 aliphatic carbocycles. The maximum atomic E-state index is 11.9.